The largest absolute Gasteiger partial charge is 0.378 e. The van der Waals surface area contributed by atoms with Crippen molar-refractivity contribution in [2.75, 3.05) is 49.2 Å². The summed E-state index contributed by atoms with van der Waals surface area (Å²) in [6, 6.07) is 6.82. The lowest BCUT2D eigenvalue weighted by Crippen LogP contribution is -2.37. The van der Waals surface area contributed by atoms with Crippen LogP contribution < -0.4 is 9.80 Å². The lowest BCUT2D eigenvalue weighted by atomic mass is 10.1. The number of nitrogens with zero attached hydrogens (tertiary/aromatic N) is 4. The van der Waals surface area contributed by atoms with E-state index in [4.69, 9.17) is 4.74 Å². The number of morpholine rings is 1. The minimum Gasteiger partial charge on any atom is -0.378 e. The second-order valence-electron chi connectivity index (χ2n) is 6.19. The Morgan fingerprint density at radius 1 is 0.958 bits per heavy atom. The molecule has 0 aliphatic carbocycles. The van der Waals surface area contributed by atoms with Gasteiger partial charge in [0.15, 0.2) is 0 Å². The summed E-state index contributed by atoms with van der Waals surface area (Å²) in [7, 11) is 0. The predicted molar refractivity (Wildman–Crippen MR) is 91.1 cm³/mol. The van der Waals surface area contributed by atoms with Gasteiger partial charge in [-0.3, -0.25) is 0 Å². The maximum absolute atomic E-state index is 13.5. The molecule has 0 unspecified atom stereocenters. The Morgan fingerprint density at radius 3 is 2.62 bits per heavy atom. The Balaban J connectivity index is 1.58. The van der Waals surface area contributed by atoms with Crippen molar-refractivity contribution in [3.8, 4) is 0 Å². The summed E-state index contributed by atoms with van der Waals surface area (Å²) in [5.41, 5.74) is 3.28. The standard InChI is InChI=1S/C18H21FN4O/c19-14-2-1-3-15(12-14)22-6-4-16-17(5-7-22)20-13-21-18(16)23-8-10-24-11-9-23/h1-3,12-13H,4-11H2. The number of ether oxygens (including phenoxy) is 1. The van der Waals surface area contributed by atoms with Crippen LogP contribution in [0.4, 0.5) is 15.9 Å². The van der Waals surface area contributed by atoms with Crippen LogP contribution in [-0.2, 0) is 17.6 Å². The van der Waals surface area contributed by atoms with E-state index in [0.717, 1.165) is 69.4 Å². The summed E-state index contributed by atoms with van der Waals surface area (Å²) in [5, 5.41) is 0. The first kappa shape index (κ1) is 15.3. The summed E-state index contributed by atoms with van der Waals surface area (Å²) in [6.45, 7) is 4.92. The number of anilines is 2. The van der Waals surface area contributed by atoms with Crippen LogP contribution in [-0.4, -0.2) is 49.4 Å². The zero-order valence-corrected chi connectivity index (χ0v) is 13.6. The molecule has 0 saturated carbocycles. The first-order chi connectivity index (χ1) is 11.8. The lowest BCUT2D eigenvalue weighted by Gasteiger charge is -2.29. The SMILES string of the molecule is Fc1cccc(N2CCc3ncnc(N4CCOCC4)c3CC2)c1. The molecule has 0 spiro atoms. The average Bonchev–Trinajstić information content (AvgIpc) is 2.85. The highest BCUT2D eigenvalue weighted by Gasteiger charge is 2.23. The van der Waals surface area contributed by atoms with Crippen LogP contribution in [0.3, 0.4) is 0 Å². The molecule has 3 heterocycles. The van der Waals surface area contributed by atoms with Gasteiger partial charge in [-0.25, -0.2) is 14.4 Å². The van der Waals surface area contributed by atoms with Gasteiger partial charge in [0, 0.05) is 43.9 Å². The third kappa shape index (κ3) is 3.06. The molecular weight excluding hydrogens is 307 g/mol. The Hall–Kier alpha value is -2.21. The van der Waals surface area contributed by atoms with E-state index in [2.05, 4.69) is 19.8 Å². The summed E-state index contributed by atoms with van der Waals surface area (Å²) in [6.07, 6.45) is 3.40. The van der Waals surface area contributed by atoms with Crippen molar-refractivity contribution in [2.45, 2.75) is 12.8 Å². The Labute approximate surface area is 141 Å². The number of hydrogen-bond acceptors (Lipinski definition) is 5. The number of benzene rings is 1. The molecule has 6 heteroatoms. The molecule has 0 bridgehead atoms. The van der Waals surface area contributed by atoms with Crippen LogP contribution in [0.15, 0.2) is 30.6 Å². The van der Waals surface area contributed by atoms with Gasteiger partial charge >= 0.3 is 0 Å². The van der Waals surface area contributed by atoms with Gasteiger partial charge in [0.25, 0.3) is 0 Å². The van der Waals surface area contributed by atoms with E-state index < -0.39 is 0 Å². The Bertz CT molecular complexity index is 718. The Morgan fingerprint density at radius 2 is 1.79 bits per heavy atom. The van der Waals surface area contributed by atoms with Crippen molar-refractivity contribution in [3.63, 3.8) is 0 Å². The van der Waals surface area contributed by atoms with Crippen molar-refractivity contribution < 1.29 is 9.13 Å². The maximum Gasteiger partial charge on any atom is 0.135 e. The number of rotatable bonds is 2. The van der Waals surface area contributed by atoms with Crippen molar-refractivity contribution in [3.05, 3.63) is 47.7 Å². The molecule has 2 aromatic rings. The van der Waals surface area contributed by atoms with Crippen LogP contribution in [0.5, 0.6) is 0 Å². The van der Waals surface area contributed by atoms with E-state index >= 15 is 0 Å². The van der Waals surface area contributed by atoms with Crippen LogP contribution in [0.1, 0.15) is 11.3 Å². The monoisotopic (exact) mass is 328 g/mol. The molecule has 1 saturated heterocycles. The lowest BCUT2D eigenvalue weighted by molar-refractivity contribution is 0.122. The number of fused-ring (bicyclic) bond motifs is 1. The topological polar surface area (TPSA) is 41.5 Å². The second-order valence-corrected chi connectivity index (χ2v) is 6.19. The molecule has 5 nitrogen and oxygen atoms in total. The molecular formula is C18H21FN4O. The smallest absolute Gasteiger partial charge is 0.135 e. The molecule has 1 aromatic carbocycles. The van der Waals surface area contributed by atoms with E-state index in [-0.39, 0.29) is 5.82 Å². The second kappa shape index (κ2) is 6.73. The van der Waals surface area contributed by atoms with Gasteiger partial charge in [0.2, 0.25) is 0 Å². The molecule has 126 valence electrons. The summed E-state index contributed by atoms with van der Waals surface area (Å²) in [5.74, 6) is 0.854. The van der Waals surface area contributed by atoms with Gasteiger partial charge in [-0.1, -0.05) is 6.07 Å². The van der Waals surface area contributed by atoms with E-state index in [0.29, 0.717) is 0 Å². The molecule has 0 N–H and O–H groups in total. The number of aromatic nitrogens is 2. The highest BCUT2D eigenvalue weighted by Crippen LogP contribution is 2.26. The molecule has 1 aromatic heterocycles. The first-order valence-electron chi connectivity index (χ1n) is 8.47. The van der Waals surface area contributed by atoms with E-state index in [1.54, 1.807) is 18.5 Å². The van der Waals surface area contributed by atoms with Gasteiger partial charge in [-0.2, -0.15) is 0 Å². The van der Waals surface area contributed by atoms with Gasteiger partial charge in [-0.15, -0.1) is 0 Å². The predicted octanol–water partition coefficient (Wildman–Crippen LogP) is 2.06. The molecule has 4 rings (SSSR count). The molecule has 0 amide bonds. The molecule has 0 radical (unpaired) electrons. The van der Waals surface area contributed by atoms with Crippen LogP contribution in [0.2, 0.25) is 0 Å². The molecule has 24 heavy (non-hydrogen) atoms. The van der Waals surface area contributed by atoms with Gasteiger partial charge in [0.1, 0.15) is 18.0 Å². The first-order valence-corrected chi connectivity index (χ1v) is 8.47. The fourth-order valence-electron chi connectivity index (χ4n) is 3.49. The maximum atomic E-state index is 13.5. The minimum atomic E-state index is -0.192. The highest BCUT2D eigenvalue weighted by molar-refractivity contribution is 5.53. The quantitative estimate of drug-likeness (QED) is 0.844. The summed E-state index contributed by atoms with van der Waals surface area (Å²) in [4.78, 5) is 13.6. The van der Waals surface area contributed by atoms with Crippen molar-refractivity contribution >= 4 is 11.5 Å². The summed E-state index contributed by atoms with van der Waals surface area (Å²) >= 11 is 0. The third-order valence-electron chi connectivity index (χ3n) is 4.75. The molecule has 2 aliphatic rings. The minimum absolute atomic E-state index is 0.192. The van der Waals surface area contributed by atoms with Crippen LogP contribution in [0.25, 0.3) is 0 Å². The zero-order chi connectivity index (χ0) is 16.4. The van der Waals surface area contributed by atoms with E-state index in [1.165, 1.54) is 11.6 Å². The average molecular weight is 328 g/mol. The molecule has 2 aliphatic heterocycles. The van der Waals surface area contributed by atoms with Crippen LogP contribution >= 0.6 is 0 Å². The van der Waals surface area contributed by atoms with Crippen molar-refractivity contribution in [1.29, 1.82) is 0 Å². The van der Waals surface area contributed by atoms with Crippen molar-refractivity contribution in [1.82, 2.24) is 9.97 Å². The fourth-order valence-corrected chi connectivity index (χ4v) is 3.49. The number of hydrogen-bond donors (Lipinski definition) is 0. The Kier molecular flexibility index (Phi) is 4.30. The number of halogens is 1. The van der Waals surface area contributed by atoms with E-state index in [9.17, 15) is 4.39 Å². The third-order valence-corrected chi connectivity index (χ3v) is 4.75. The van der Waals surface area contributed by atoms with Crippen molar-refractivity contribution in [2.24, 2.45) is 0 Å². The van der Waals surface area contributed by atoms with Gasteiger partial charge in [-0.05, 0) is 24.6 Å². The molecule has 1 fully saturated rings. The summed E-state index contributed by atoms with van der Waals surface area (Å²) < 4.78 is 19.0. The zero-order valence-electron chi connectivity index (χ0n) is 13.6. The highest BCUT2D eigenvalue weighted by atomic mass is 19.1. The molecule has 0 atom stereocenters. The normalized spacial score (nSPS) is 18.2. The van der Waals surface area contributed by atoms with Gasteiger partial charge in [0.05, 0.1) is 18.9 Å². The van der Waals surface area contributed by atoms with Crippen LogP contribution in [0, 0.1) is 5.82 Å². The van der Waals surface area contributed by atoms with E-state index in [1.807, 2.05) is 6.07 Å². The fraction of sp³-hybridized carbons (Fsp3) is 0.444. The van der Waals surface area contributed by atoms with Gasteiger partial charge < -0.3 is 14.5 Å².